The van der Waals surface area contributed by atoms with Crippen molar-refractivity contribution in [3.8, 4) is 0 Å². The van der Waals surface area contributed by atoms with Crippen molar-refractivity contribution in [3.05, 3.63) is 81.5 Å². The maximum absolute atomic E-state index is 3.50. The van der Waals surface area contributed by atoms with E-state index in [-0.39, 0.29) is 0 Å². The van der Waals surface area contributed by atoms with Crippen molar-refractivity contribution in [3.63, 3.8) is 0 Å². The van der Waals surface area contributed by atoms with E-state index in [1.54, 1.807) is 11.3 Å². The Morgan fingerprint density at radius 3 is 1.43 bits per heavy atom. The van der Waals surface area contributed by atoms with Crippen molar-refractivity contribution in [1.82, 2.24) is 0 Å². The summed E-state index contributed by atoms with van der Waals surface area (Å²) < 4.78 is 0. The van der Waals surface area contributed by atoms with Crippen molar-refractivity contribution >= 4 is 22.7 Å². The number of benzene rings is 2. The van der Waals surface area contributed by atoms with Gasteiger partial charge >= 0.3 is 0 Å². The van der Waals surface area contributed by atoms with Crippen molar-refractivity contribution in [2.24, 2.45) is 0 Å². The maximum Gasteiger partial charge on any atom is 0.0412 e. The van der Waals surface area contributed by atoms with Gasteiger partial charge in [0.05, 0.1) is 0 Å². The molecule has 1 heterocycles. The molecule has 3 rings (SSSR count). The lowest BCUT2D eigenvalue weighted by Gasteiger charge is -2.10. The van der Waals surface area contributed by atoms with Crippen molar-refractivity contribution in [1.29, 1.82) is 0 Å². The van der Waals surface area contributed by atoms with Crippen molar-refractivity contribution in [2.45, 2.75) is 26.9 Å². The highest BCUT2D eigenvalue weighted by Gasteiger charge is 2.04. The Morgan fingerprint density at radius 2 is 1.04 bits per heavy atom. The molecule has 0 radical (unpaired) electrons. The highest BCUT2D eigenvalue weighted by Crippen LogP contribution is 2.19. The fourth-order valence-corrected chi connectivity index (χ4v) is 3.26. The normalized spacial score (nSPS) is 10.5. The molecule has 2 nitrogen and oxygen atoms in total. The molecule has 0 saturated carbocycles. The van der Waals surface area contributed by atoms with Crippen LogP contribution in [0.15, 0.2) is 59.3 Å². The van der Waals surface area contributed by atoms with E-state index in [2.05, 4.69) is 83.8 Å². The molecule has 0 bridgehead atoms. The van der Waals surface area contributed by atoms with Crippen LogP contribution in [0.5, 0.6) is 0 Å². The lowest BCUT2D eigenvalue weighted by Crippen LogP contribution is -2.04. The van der Waals surface area contributed by atoms with Crippen LogP contribution in [0.3, 0.4) is 0 Å². The van der Waals surface area contributed by atoms with Crippen LogP contribution in [0.1, 0.15) is 22.3 Å². The summed E-state index contributed by atoms with van der Waals surface area (Å²) in [6.07, 6.45) is 0. The van der Waals surface area contributed by atoms with Crippen molar-refractivity contribution in [2.75, 3.05) is 10.6 Å². The molecular formula is C20H22N2S. The van der Waals surface area contributed by atoms with E-state index in [0.29, 0.717) is 0 Å². The first-order chi connectivity index (χ1) is 11.2. The molecule has 0 fully saturated rings. The van der Waals surface area contributed by atoms with E-state index in [0.717, 1.165) is 13.1 Å². The zero-order valence-electron chi connectivity index (χ0n) is 13.6. The summed E-state index contributed by atoms with van der Waals surface area (Å²) in [5, 5.41) is 11.5. The fourth-order valence-electron chi connectivity index (χ4n) is 2.40. The summed E-state index contributed by atoms with van der Waals surface area (Å²) in [6, 6.07) is 17.1. The molecule has 0 amide bonds. The Balaban J connectivity index is 1.58. The van der Waals surface area contributed by atoms with Crippen LogP contribution in [-0.4, -0.2) is 0 Å². The van der Waals surface area contributed by atoms with Gasteiger partial charge in [0.25, 0.3) is 0 Å². The first kappa shape index (κ1) is 15.6. The standard InChI is InChI=1S/C20H22N2S/c1-15-3-7-19(8-4-15)21-11-17-13-23-14-18(17)12-22-20-9-5-16(2)6-10-20/h3-10,13-14,21-22H,11-12H2,1-2H3. The quantitative estimate of drug-likeness (QED) is 0.618. The molecule has 1 aromatic heterocycles. The molecule has 118 valence electrons. The minimum absolute atomic E-state index is 0.859. The summed E-state index contributed by atoms with van der Waals surface area (Å²) in [5.41, 5.74) is 7.62. The molecular weight excluding hydrogens is 300 g/mol. The predicted molar refractivity (Wildman–Crippen MR) is 101 cm³/mol. The Kier molecular flexibility index (Phi) is 4.99. The monoisotopic (exact) mass is 322 g/mol. The molecule has 0 atom stereocenters. The Bertz CT molecular complexity index is 678. The SMILES string of the molecule is Cc1ccc(NCc2cscc2CNc2ccc(C)cc2)cc1. The smallest absolute Gasteiger partial charge is 0.0412 e. The molecule has 3 aromatic rings. The van der Waals surface area contributed by atoms with E-state index in [4.69, 9.17) is 0 Å². The summed E-state index contributed by atoms with van der Waals surface area (Å²) in [5.74, 6) is 0. The molecule has 0 saturated heterocycles. The van der Waals surface area contributed by atoms with Gasteiger partial charge in [0.15, 0.2) is 0 Å². The van der Waals surface area contributed by atoms with Gasteiger partial charge in [0.1, 0.15) is 0 Å². The number of nitrogens with one attached hydrogen (secondary N) is 2. The van der Waals surface area contributed by atoms with E-state index in [9.17, 15) is 0 Å². The topological polar surface area (TPSA) is 24.1 Å². The van der Waals surface area contributed by atoms with Crippen LogP contribution in [0.2, 0.25) is 0 Å². The molecule has 3 heteroatoms. The van der Waals surface area contributed by atoms with Gasteiger partial charge in [-0.3, -0.25) is 0 Å². The first-order valence-corrected chi connectivity index (χ1v) is 8.80. The van der Waals surface area contributed by atoms with Crippen LogP contribution in [0.4, 0.5) is 11.4 Å². The Hall–Kier alpha value is -2.26. The molecule has 23 heavy (non-hydrogen) atoms. The van der Waals surface area contributed by atoms with Gasteiger partial charge in [-0.15, -0.1) is 0 Å². The number of rotatable bonds is 6. The number of aryl methyl sites for hydroxylation is 2. The number of anilines is 2. The number of thiophene rings is 1. The third-order valence-corrected chi connectivity index (χ3v) is 4.74. The second-order valence-corrected chi connectivity index (χ2v) is 6.60. The first-order valence-electron chi connectivity index (χ1n) is 7.86. The number of hydrogen-bond acceptors (Lipinski definition) is 3. The van der Waals surface area contributed by atoms with Gasteiger partial charge in [-0.05, 0) is 60.0 Å². The second kappa shape index (κ2) is 7.34. The van der Waals surface area contributed by atoms with Gasteiger partial charge in [0, 0.05) is 24.5 Å². The largest absolute Gasteiger partial charge is 0.381 e. The average molecular weight is 322 g/mol. The highest BCUT2D eigenvalue weighted by molar-refractivity contribution is 7.08. The molecule has 0 unspecified atom stereocenters. The second-order valence-electron chi connectivity index (χ2n) is 5.86. The fraction of sp³-hybridized carbons (Fsp3) is 0.200. The number of hydrogen-bond donors (Lipinski definition) is 2. The highest BCUT2D eigenvalue weighted by atomic mass is 32.1. The van der Waals surface area contributed by atoms with Crippen LogP contribution in [0.25, 0.3) is 0 Å². The molecule has 2 N–H and O–H groups in total. The molecule has 0 aliphatic rings. The Labute approximate surface area is 142 Å². The zero-order valence-corrected chi connectivity index (χ0v) is 14.4. The van der Waals surface area contributed by atoms with Gasteiger partial charge < -0.3 is 10.6 Å². The third kappa shape index (κ3) is 4.36. The van der Waals surface area contributed by atoms with Gasteiger partial charge in [-0.25, -0.2) is 0 Å². The summed E-state index contributed by atoms with van der Waals surface area (Å²) in [4.78, 5) is 0. The zero-order chi connectivity index (χ0) is 16.1. The summed E-state index contributed by atoms with van der Waals surface area (Å²) in [6.45, 7) is 5.93. The van der Waals surface area contributed by atoms with Crippen LogP contribution in [0, 0.1) is 13.8 Å². The van der Waals surface area contributed by atoms with E-state index in [1.165, 1.54) is 33.6 Å². The predicted octanol–water partition coefficient (Wildman–Crippen LogP) is 5.59. The van der Waals surface area contributed by atoms with Crippen LogP contribution < -0.4 is 10.6 Å². The minimum Gasteiger partial charge on any atom is -0.381 e. The molecule has 0 aliphatic carbocycles. The minimum atomic E-state index is 0.859. The molecule has 0 aliphatic heterocycles. The molecule has 2 aromatic carbocycles. The molecule has 0 spiro atoms. The lowest BCUT2D eigenvalue weighted by atomic mass is 10.1. The van der Waals surface area contributed by atoms with E-state index < -0.39 is 0 Å². The van der Waals surface area contributed by atoms with Gasteiger partial charge in [-0.2, -0.15) is 11.3 Å². The van der Waals surface area contributed by atoms with E-state index in [1.807, 2.05) is 0 Å². The lowest BCUT2D eigenvalue weighted by molar-refractivity contribution is 1.07. The van der Waals surface area contributed by atoms with Crippen LogP contribution >= 0.6 is 11.3 Å². The Morgan fingerprint density at radius 1 is 0.652 bits per heavy atom. The average Bonchev–Trinajstić information content (AvgIpc) is 3.01. The summed E-state index contributed by atoms with van der Waals surface area (Å²) in [7, 11) is 0. The van der Waals surface area contributed by atoms with Gasteiger partial charge in [-0.1, -0.05) is 35.4 Å². The summed E-state index contributed by atoms with van der Waals surface area (Å²) >= 11 is 1.76. The maximum atomic E-state index is 3.50. The third-order valence-electron chi connectivity index (χ3n) is 3.90. The van der Waals surface area contributed by atoms with E-state index >= 15 is 0 Å². The van der Waals surface area contributed by atoms with Crippen molar-refractivity contribution < 1.29 is 0 Å². The van der Waals surface area contributed by atoms with Crippen LogP contribution in [-0.2, 0) is 13.1 Å². The van der Waals surface area contributed by atoms with Gasteiger partial charge in [0.2, 0.25) is 0 Å².